The highest BCUT2D eigenvalue weighted by atomic mass is 35.5. The molecular formula is C16H15ClN2O5S. The number of para-hydroxylation sites is 3. The van der Waals surface area contributed by atoms with Crippen LogP contribution in [0.4, 0.5) is 5.69 Å². The molecule has 1 aliphatic heterocycles. The van der Waals surface area contributed by atoms with Crippen LogP contribution in [0.25, 0.3) is 0 Å². The highest BCUT2D eigenvalue weighted by molar-refractivity contribution is 7.89. The van der Waals surface area contributed by atoms with Gasteiger partial charge in [0.15, 0.2) is 5.75 Å². The summed E-state index contributed by atoms with van der Waals surface area (Å²) in [5.74, 6) is -0.417. The fourth-order valence-corrected chi connectivity index (χ4v) is 3.79. The number of halogens is 1. The molecule has 132 valence electrons. The summed E-state index contributed by atoms with van der Waals surface area (Å²) in [6.45, 7) is 0.188. The summed E-state index contributed by atoms with van der Waals surface area (Å²) >= 11 is 5.73. The average Bonchev–Trinajstić information content (AvgIpc) is 2.61. The smallest absolute Gasteiger partial charge is 0.244 e. The van der Waals surface area contributed by atoms with Crippen molar-refractivity contribution in [3.05, 3.63) is 47.5 Å². The maximum Gasteiger partial charge on any atom is 0.244 e. The third-order valence-corrected chi connectivity index (χ3v) is 5.42. The van der Waals surface area contributed by atoms with Gasteiger partial charge in [0.2, 0.25) is 15.9 Å². The number of benzene rings is 2. The fraction of sp³-hybridized carbons (Fsp3) is 0.188. The lowest BCUT2D eigenvalue weighted by Gasteiger charge is -2.29. The van der Waals surface area contributed by atoms with Gasteiger partial charge in [-0.3, -0.25) is 4.79 Å². The van der Waals surface area contributed by atoms with Crippen molar-refractivity contribution in [3.63, 3.8) is 0 Å². The lowest BCUT2D eigenvalue weighted by atomic mass is 10.2. The van der Waals surface area contributed by atoms with Crippen LogP contribution in [-0.2, 0) is 14.8 Å². The van der Waals surface area contributed by atoms with Gasteiger partial charge in [-0.05, 0) is 24.3 Å². The first-order chi connectivity index (χ1) is 11.9. The van der Waals surface area contributed by atoms with Gasteiger partial charge in [0, 0.05) is 0 Å². The van der Waals surface area contributed by atoms with Gasteiger partial charge in [-0.2, -0.15) is 0 Å². The van der Waals surface area contributed by atoms with Crippen molar-refractivity contribution in [2.75, 3.05) is 24.6 Å². The molecular weight excluding hydrogens is 368 g/mol. The van der Waals surface area contributed by atoms with Gasteiger partial charge in [0.1, 0.15) is 17.3 Å². The second-order valence-electron chi connectivity index (χ2n) is 5.27. The van der Waals surface area contributed by atoms with E-state index in [1.54, 1.807) is 24.3 Å². The third kappa shape index (κ3) is 3.55. The molecule has 3 rings (SSSR count). The zero-order valence-corrected chi connectivity index (χ0v) is 14.5. The molecule has 2 aromatic rings. The SMILES string of the molecule is O=C(CNS(=O)(=O)c1cccc(Cl)c1O)N1CCOc2ccccc21. The zero-order chi connectivity index (χ0) is 18.0. The Balaban J connectivity index is 1.76. The number of anilines is 1. The zero-order valence-electron chi connectivity index (χ0n) is 13.0. The molecule has 0 radical (unpaired) electrons. The van der Waals surface area contributed by atoms with Crippen LogP contribution in [0.1, 0.15) is 0 Å². The maximum absolute atomic E-state index is 12.4. The van der Waals surface area contributed by atoms with E-state index in [0.29, 0.717) is 24.6 Å². The lowest BCUT2D eigenvalue weighted by molar-refractivity contribution is -0.117. The first-order valence-corrected chi connectivity index (χ1v) is 9.25. The van der Waals surface area contributed by atoms with Gasteiger partial charge in [-0.15, -0.1) is 0 Å². The van der Waals surface area contributed by atoms with Crippen LogP contribution in [0, 0.1) is 0 Å². The molecule has 1 heterocycles. The van der Waals surface area contributed by atoms with E-state index in [4.69, 9.17) is 16.3 Å². The number of nitrogens with one attached hydrogen (secondary N) is 1. The van der Waals surface area contributed by atoms with E-state index in [1.165, 1.54) is 23.1 Å². The number of ether oxygens (including phenoxy) is 1. The summed E-state index contributed by atoms with van der Waals surface area (Å²) in [7, 11) is -4.09. The number of rotatable bonds is 4. The van der Waals surface area contributed by atoms with E-state index < -0.39 is 28.2 Å². The molecule has 0 spiro atoms. The average molecular weight is 383 g/mol. The molecule has 0 fully saturated rings. The van der Waals surface area contributed by atoms with Crippen molar-refractivity contribution in [2.45, 2.75) is 4.90 Å². The molecule has 1 amide bonds. The molecule has 7 nitrogen and oxygen atoms in total. The van der Waals surface area contributed by atoms with Crippen LogP contribution in [0.15, 0.2) is 47.4 Å². The highest BCUT2D eigenvalue weighted by Gasteiger charge is 2.26. The highest BCUT2D eigenvalue weighted by Crippen LogP contribution is 2.32. The number of hydrogen-bond donors (Lipinski definition) is 2. The number of aromatic hydroxyl groups is 1. The number of sulfonamides is 1. The van der Waals surface area contributed by atoms with Crippen molar-refractivity contribution in [3.8, 4) is 11.5 Å². The minimum Gasteiger partial charge on any atom is -0.505 e. The first-order valence-electron chi connectivity index (χ1n) is 7.39. The van der Waals surface area contributed by atoms with Crippen LogP contribution in [0.3, 0.4) is 0 Å². The number of carbonyl (C=O) groups excluding carboxylic acids is 1. The molecule has 9 heteroatoms. The molecule has 2 aromatic carbocycles. The number of phenolic OH excluding ortho intramolecular Hbond substituents is 1. The normalized spacial score (nSPS) is 13.9. The third-order valence-electron chi connectivity index (χ3n) is 3.68. The van der Waals surface area contributed by atoms with E-state index >= 15 is 0 Å². The Morgan fingerprint density at radius 2 is 2.00 bits per heavy atom. The summed E-state index contributed by atoms with van der Waals surface area (Å²) in [6.07, 6.45) is 0. The summed E-state index contributed by atoms with van der Waals surface area (Å²) in [6, 6.07) is 11.0. The molecule has 2 N–H and O–H groups in total. The van der Waals surface area contributed by atoms with Crippen LogP contribution in [0.5, 0.6) is 11.5 Å². The molecule has 0 saturated heterocycles. The minimum absolute atomic E-state index is 0.0868. The minimum atomic E-state index is -4.09. The molecule has 1 aliphatic rings. The Hall–Kier alpha value is -2.29. The molecule has 0 aliphatic carbocycles. The molecule has 0 saturated carbocycles. The number of carbonyl (C=O) groups is 1. The second-order valence-corrected chi connectivity index (χ2v) is 7.42. The van der Waals surface area contributed by atoms with Crippen molar-refractivity contribution >= 4 is 33.2 Å². The van der Waals surface area contributed by atoms with Gasteiger partial charge in [0.25, 0.3) is 0 Å². The Bertz CT molecular complexity index is 916. The Kier molecular flexibility index (Phi) is 4.85. The lowest BCUT2D eigenvalue weighted by Crippen LogP contribution is -2.44. The molecule has 0 aromatic heterocycles. The van der Waals surface area contributed by atoms with E-state index in [0.717, 1.165) is 0 Å². The van der Waals surface area contributed by atoms with Crippen LogP contribution >= 0.6 is 11.6 Å². The predicted molar refractivity (Wildman–Crippen MR) is 92.6 cm³/mol. The Morgan fingerprint density at radius 3 is 2.80 bits per heavy atom. The predicted octanol–water partition coefficient (Wildman–Crippen LogP) is 1.75. The summed E-state index contributed by atoms with van der Waals surface area (Å²) in [5.41, 5.74) is 0.587. The topological polar surface area (TPSA) is 95.9 Å². The second kappa shape index (κ2) is 6.91. The Labute approximate surface area is 149 Å². The number of hydrogen-bond acceptors (Lipinski definition) is 5. The maximum atomic E-state index is 12.4. The molecule has 0 bridgehead atoms. The van der Waals surface area contributed by atoms with Gasteiger partial charge in [-0.1, -0.05) is 29.8 Å². The summed E-state index contributed by atoms with van der Waals surface area (Å²) in [4.78, 5) is 13.5. The summed E-state index contributed by atoms with van der Waals surface area (Å²) in [5, 5.41) is 9.73. The van der Waals surface area contributed by atoms with Gasteiger partial charge >= 0.3 is 0 Å². The van der Waals surface area contributed by atoms with Gasteiger partial charge in [0.05, 0.1) is 23.8 Å². The van der Waals surface area contributed by atoms with Gasteiger partial charge < -0.3 is 14.7 Å². The quantitative estimate of drug-likeness (QED) is 0.839. The Morgan fingerprint density at radius 1 is 1.24 bits per heavy atom. The van der Waals surface area contributed by atoms with Crippen molar-refractivity contribution < 1.29 is 23.1 Å². The molecule has 0 atom stereocenters. The molecule has 25 heavy (non-hydrogen) atoms. The first kappa shape index (κ1) is 17.5. The van der Waals surface area contributed by atoms with Crippen LogP contribution in [0.2, 0.25) is 5.02 Å². The standard InChI is InChI=1S/C16H15ClN2O5S/c17-11-4-3-7-14(16(11)21)25(22,23)18-10-15(20)19-8-9-24-13-6-2-1-5-12(13)19/h1-7,18,21H,8-10H2. The molecule has 0 unspecified atom stereocenters. The monoisotopic (exact) mass is 382 g/mol. The number of amides is 1. The van der Waals surface area contributed by atoms with E-state index in [2.05, 4.69) is 4.72 Å². The van der Waals surface area contributed by atoms with Crippen molar-refractivity contribution in [1.29, 1.82) is 0 Å². The van der Waals surface area contributed by atoms with Gasteiger partial charge in [-0.25, -0.2) is 13.1 Å². The van der Waals surface area contributed by atoms with Crippen molar-refractivity contribution in [2.24, 2.45) is 0 Å². The summed E-state index contributed by atoms with van der Waals surface area (Å²) < 4.78 is 32.3. The van der Waals surface area contributed by atoms with E-state index in [1.807, 2.05) is 0 Å². The largest absolute Gasteiger partial charge is 0.505 e. The van der Waals surface area contributed by atoms with Crippen LogP contribution in [-0.4, -0.2) is 39.1 Å². The van der Waals surface area contributed by atoms with Crippen LogP contribution < -0.4 is 14.4 Å². The number of fused-ring (bicyclic) bond motifs is 1. The van der Waals surface area contributed by atoms with E-state index in [9.17, 15) is 18.3 Å². The van der Waals surface area contributed by atoms with Crippen molar-refractivity contribution in [1.82, 2.24) is 4.72 Å². The number of phenols is 1. The van der Waals surface area contributed by atoms with E-state index in [-0.39, 0.29) is 9.92 Å². The number of nitrogens with zero attached hydrogens (tertiary/aromatic N) is 1. The fourth-order valence-electron chi connectivity index (χ4n) is 2.47.